The third-order valence-corrected chi connectivity index (χ3v) is 1.47. The maximum Gasteiger partial charge on any atom is 0.254 e. The minimum atomic E-state index is -0.294. The second kappa shape index (κ2) is 2.74. The van der Waals surface area contributed by atoms with Crippen LogP contribution in [-0.2, 0) is 0 Å². The maximum atomic E-state index is 11.0. The number of nitrogens with two attached hydrogens (primary N) is 1. The summed E-state index contributed by atoms with van der Waals surface area (Å²) in [5.41, 5.74) is 5.10. The number of nitrogen functional groups attached to an aromatic ring is 1. The first-order chi connectivity index (χ1) is 6.25. The van der Waals surface area contributed by atoms with Crippen molar-refractivity contribution in [3.8, 4) is 5.95 Å². The number of hydrogen-bond donors (Lipinski definition) is 2. The zero-order valence-electron chi connectivity index (χ0n) is 6.64. The highest BCUT2D eigenvalue weighted by molar-refractivity contribution is 5.29. The summed E-state index contributed by atoms with van der Waals surface area (Å²) in [7, 11) is 0. The van der Waals surface area contributed by atoms with Crippen LogP contribution in [0.2, 0.25) is 0 Å². The van der Waals surface area contributed by atoms with E-state index in [1.165, 1.54) is 10.7 Å². The van der Waals surface area contributed by atoms with Crippen LogP contribution in [0.1, 0.15) is 0 Å². The summed E-state index contributed by atoms with van der Waals surface area (Å²) in [6, 6.07) is 2.94. The highest BCUT2D eigenvalue weighted by atomic mass is 16.1. The van der Waals surface area contributed by atoms with Crippen LogP contribution >= 0.6 is 0 Å². The molecule has 0 saturated heterocycles. The van der Waals surface area contributed by atoms with Crippen LogP contribution in [0.4, 0.5) is 5.82 Å². The maximum absolute atomic E-state index is 11.0. The molecule has 0 aliphatic carbocycles. The Kier molecular flexibility index (Phi) is 1.59. The van der Waals surface area contributed by atoms with Gasteiger partial charge < -0.3 is 5.73 Å². The van der Waals surface area contributed by atoms with Crippen LogP contribution in [0.3, 0.4) is 0 Å². The van der Waals surface area contributed by atoms with E-state index in [4.69, 9.17) is 5.73 Å². The lowest BCUT2D eigenvalue weighted by molar-refractivity contribution is 0.804. The molecule has 3 N–H and O–H groups in total. The molecule has 0 aliphatic heterocycles. The predicted octanol–water partition coefficient (Wildman–Crippen LogP) is -0.462. The molecule has 0 saturated carbocycles. The zero-order valence-corrected chi connectivity index (χ0v) is 6.64. The highest BCUT2D eigenvalue weighted by Crippen LogP contribution is 1.97. The van der Waals surface area contributed by atoms with Gasteiger partial charge in [-0.1, -0.05) is 0 Å². The predicted molar refractivity (Wildman–Crippen MR) is 46.4 cm³/mol. The second-order valence-corrected chi connectivity index (χ2v) is 2.44. The van der Waals surface area contributed by atoms with E-state index in [1.807, 2.05) is 0 Å². The SMILES string of the molecule is Nc1cc(=O)[nH]c(-n2cccn2)n1. The Morgan fingerprint density at radius 1 is 1.54 bits per heavy atom. The van der Waals surface area contributed by atoms with E-state index in [0.29, 0.717) is 5.95 Å². The largest absolute Gasteiger partial charge is 0.383 e. The summed E-state index contributed by atoms with van der Waals surface area (Å²) in [5.74, 6) is 0.490. The van der Waals surface area contributed by atoms with Crippen molar-refractivity contribution < 1.29 is 0 Å². The minimum Gasteiger partial charge on any atom is -0.383 e. The van der Waals surface area contributed by atoms with Gasteiger partial charge in [-0.25, -0.2) is 4.68 Å². The number of rotatable bonds is 1. The molecular weight excluding hydrogens is 170 g/mol. The lowest BCUT2D eigenvalue weighted by atomic mass is 10.6. The first kappa shape index (κ1) is 7.53. The van der Waals surface area contributed by atoms with E-state index in [9.17, 15) is 4.79 Å². The highest BCUT2D eigenvalue weighted by Gasteiger charge is 1.99. The van der Waals surface area contributed by atoms with Crippen molar-refractivity contribution in [2.45, 2.75) is 0 Å². The van der Waals surface area contributed by atoms with Gasteiger partial charge in [0.2, 0.25) is 5.95 Å². The number of hydrogen-bond acceptors (Lipinski definition) is 4. The molecule has 0 amide bonds. The van der Waals surface area contributed by atoms with Gasteiger partial charge in [-0.2, -0.15) is 10.1 Å². The van der Waals surface area contributed by atoms with E-state index in [-0.39, 0.29) is 11.4 Å². The molecule has 6 heteroatoms. The normalized spacial score (nSPS) is 10.2. The smallest absolute Gasteiger partial charge is 0.254 e. The molecule has 6 nitrogen and oxygen atoms in total. The Labute approximate surface area is 73.0 Å². The Bertz CT molecular complexity index is 458. The summed E-state index contributed by atoms with van der Waals surface area (Å²) in [6.45, 7) is 0. The van der Waals surface area contributed by atoms with Gasteiger partial charge >= 0.3 is 0 Å². The first-order valence-electron chi connectivity index (χ1n) is 3.62. The van der Waals surface area contributed by atoms with Gasteiger partial charge in [0, 0.05) is 18.5 Å². The van der Waals surface area contributed by atoms with Crippen LogP contribution in [0.15, 0.2) is 29.3 Å². The molecule has 2 heterocycles. The van der Waals surface area contributed by atoms with Gasteiger partial charge in [-0.3, -0.25) is 9.78 Å². The van der Waals surface area contributed by atoms with Gasteiger partial charge in [0.05, 0.1) is 0 Å². The monoisotopic (exact) mass is 177 g/mol. The van der Waals surface area contributed by atoms with E-state index >= 15 is 0 Å². The summed E-state index contributed by atoms with van der Waals surface area (Å²) in [5, 5.41) is 3.90. The van der Waals surface area contributed by atoms with Crippen LogP contribution in [-0.4, -0.2) is 19.7 Å². The average molecular weight is 177 g/mol. The zero-order chi connectivity index (χ0) is 9.26. The van der Waals surface area contributed by atoms with Crippen LogP contribution in [0.25, 0.3) is 5.95 Å². The molecule has 0 unspecified atom stereocenters. The molecule has 0 radical (unpaired) electrons. The van der Waals surface area contributed by atoms with Crippen molar-refractivity contribution >= 4 is 5.82 Å². The van der Waals surface area contributed by atoms with Crippen molar-refractivity contribution in [2.75, 3.05) is 5.73 Å². The standard InChI is InChI=1S/C7H7N5O/c8-5-4-6(13)11-7(10-5)12-3-1-2-9-12/h1-4H,(H3,8,10,11,13). The average Bonchev–Trinajstić information content (AvgIpc) is 2.53. The third kappa shape index (κ3) is 1.41. The van der Waals surface area contributed by atoms with E-state index in [2.05, 4.69) is 15.1 Å². The molecule has 66 valence electrons. The molecule has 13 heavy (non-hydrogen) atoms. The lowest BCUT2D eigenvalue weighted by Gasteiger charge is -1.99. The molecule has 0 aliphatic rings. The molecule has 2 aromatic heterocycles. The quantitative estimate of drug-likeness (QED) is 0.616. The summed E-state index contributed by atoms with van der Waals surface area (Å²) < 4.78 is 1.43. The molecule has 0 fully saturated rings. The van der Waals surface area contributed by atoms with Crippen molar-refractivity contribution in [3.05, 3.63) is 34.9 Å². The number of nitrogens with zero attached hydrogens (tertiary/aromatic N) is 3. The van der Waals surface area contributed by atoms with E-state index in [0.717, 1.165) is 0 Å². The second-order valence-electron chi connectivity index (χ2n) is 2.44. The van der Waals surface area contributed by atoms with Crippen LogP contribution in [0, 0.1) is 0 Å². The summed E-state index contributed by atoms with van der Waals surface area (Å²) in [6.07, 6.45) is 3.25. The van der Waals surface area contributed by atoms with Gasteiger partial charge in [0.25, 0.3) is 5.56 Å². The summed E-state index contributed by atoms with van der Waals surface area (Å²) >= 11 is 0. The van der Waals surface area contributed by atoms with Gasteiger partial charge in [-0.15, -0.1) is 0 Å². The Hall–Kier alpha value is -2.11. The van der Waals surface area contributed by atoms with Crippen LogP contribution < -0.4 is 11.3 Å². The molecule has 2 aromatic rings. The molecule has 0 atom stereocenters. The Morgan fingerprint density at radius 3 is 3.00 bits per heavy atom. The number of aromatic amines is 1. The van der Waals surface area contributed by atoms with Gasteiger partial charge in [0.15, 0.2) is 0 Å². The number of anilines is 1. The van der Waals surface area contributed by atoms with Crippen molar-refractivity contribution in [3.63, 3.8) is 0 Å². The molecule has 0 aromatic carbocycles. The van der Waals surface area contributed by atoms with Gasteiger partial charge in [0.1, 0.15) is 5.82 Å². The Balaban J connectivity index is 2.59. The van der Waals surface area contributed by atoms with Crippen molar-refractivity contribution in [2.24, 2.45) is 0 Å². The summed E-state index contributed by atoms with van der Waals surface area (Å²) in [4.78, 5) is 17.4. The van der Waals surface area contributed by atoms with Crippen molar-refractivity contribution in [1.82, 2.24) is 19.7 Å². The fourth-order valence-corrected chi connectivity index (χ4v) is 0.966. The number of H-pyrrole nitrogens is 1. The molecular formula is C7H7N5O. The number of nitrogens with one attached hydrogen (secondary N) is 1. The molecule has 0 bridgehead atoms. The fraction of sp³-hybridized carbons (Fsp3) is 0. The molecule has 0 spiro atoms. The molecule has 2 rings (SSSR count). The first-order valence-corrected chi connectivity index (χ1v) is 3.62. The fourth-order valence-electron chi connectivity index (χ4n) is 0.966. The lowest BCUT2D eigenvalue weighted by Crippen LogP contribution is -2.14. The Morgan fingerprint density at radius 2 is 2.38 bits per heavy atom. The van der Waals surface area contributed by atoms with Gasteiger partial charge in [-0.05, 0) is 6.07 Å². The topological polar surface area (TPSA) is 89.6 Å². The van der Waals surface area contributed by atoms with E-state index in [1.54, 1.807) is 18.5 Å². The van der Waals surface area contributed by atoms with Crippen molar-refractivity contribution in [1.29, 1.82) is 0 Å². The van der Waals surface area contributed by atoms with Crippen LogP contribution in [0.5, 0.6) is 0 Å². The number of aromatic nitrogens is 4. The third-order valence-electron chi connectivity index (χ3n) is 1.47. The minimum absolute atomic E-state index is 0.175. The van der Waals surface area contributed by atoms with E-state index < -0.39 is 0 Å².